The van der Waals surface area contributed by atoms with Gasteiger partial charge in [-0.15, -0.1) is 0 Å². The number of hydrogen-bond acceptors (Lipinski definition) is 4. The van der Waals surface area contributed by atoms with Crippen LogP contribution in [0.5, 0.6) is 0 Å². The van der Waals surface area contributed by atoms with E-state index in [4.69, 9.17) is 5.11 Å². The molecule has 0 amide bonds. The molecule has 18 heavy (non-hydrogen) atoms. The van der Waals surface area contributed by atoms with E-state index in [-0.39, 0.29) is 16.2 Å². The zero-order chi connectivity index (χ0) is 13.9. The highest BCUT2D eigenvalue weighted by Crippen LogP contribution is 2.22. The van der Waals surface area contributed by atoms with Crippen molar-refractivity contribution >= 4 is 27.6 Å². The Morgan fingerprint density at radius 3 is 2.44 bits per heavy atom. The Labute approximate surface area is 111 Å². The van der Waals surface area contributed by atoms with Gasteiger partial charge in [0.25, 0.3) is 0 Å². The van der Waals surface area contributed by atoms with Crippen molar-refractivity contribution in [2.24, 2.45) is 0 Å². The molecule has 0 radical (unpaired) electrons. The predicted molar refractivity (Wildman–Crippen MR) is 73.3 cm³/mol. The van der Waals surface area contributed by atoms with Crippen LogP contribution < -0.4 is 0 Å². The molecule has 0 spiro atoms. The van der Waals surface area contributed by atoms with Crippen molar-refractivity contribution in [3.05, 3.63) is 28.8 Å². The van der Waals surface area contributed by atoms with Crippen LogP contribution in [0.3, 0.4) is 0 Å². The second-order valence-corrected chi connectivity index (χ2v) is 7.10. The Kier molecular flexibility index (Phi) is 4.81. The second-order valence-electron chi connectivity index (χ2n) is 4.03. The van der Waals surface area contributed by atoms with Gasteiger partial charge in [-0.3, -0.25) is 0 Å². The molecule has 1 aromatic carbocycles. The van der Waals surface area contributed by atoms with Gasteiger partial charge < -0.3 is 5.11 Å². The molecule has 6 heteroatoms. The number of carboxylic acid groups (broad SMARTS) is 1. The van der Waals surface area contributed by atoms with Gasteiger partial charge in [0, 0.05) is 5.75 Å². The first kappa shape index (κ1) is 15.0. The van der Waals surface area contributed by atoms with Gasteiger partial charge in [0.05, 0.1) is 16.2 Å². The van der Waals surface area contributed by atoms with Gasteiger partial charge in [-0.2, -0.15) is 11.8 Å². The Hall–Kier alpha value is -1.01. The van der Waals surface area contributed by atoms with Crippen LogP contribution in [-0.4, -0.2) is 37.3 Å². The molecule has 1 rings (SSSR count). The maximum atomic E-state index is 12.1. The van der Waals surface area contributed by atoms with Gasteiger partial charge in [-0.05, 0) is 43.4 Å². The van der Waals surface area contributed by atoms with Crippen molar-refractivity contribution in [1.82, 2.24) is 0 Å². The van der Waals surface area contributed by atoms with E-state index in [1.807, 2.05) is 6.26 Å². The number of hydrogen-bond donors (Lipinski definition) is 1. The van der Waals surface area contributed by atoms with Crippen molar-refractivity contribution in [3.63, 3.8) is 0 Å². The summed E-state index contributed by atoms with van der Waals surface area (Å²) in [6.45, 7) is 3.42. The van der Waals surface area contributed by atoms with Crippen LogP contribution in [0, 0.1) is 13.8 Å². The molecule has 4 nitrogen and oxygen atoms in total. The van der Waals surface area contributed by atoms with E-state index in [1.54, 1.807) is 13.8 Å². The van der Waals surface area contributed by atoms with Gasteiger partial charge >= 0.3 is 5.97 Å². The normalized spacial score (nSPS) is 11.5. The maximum Gasteiger partial charge on any atom is 0.335 e. The van der Waals surface area contributed by atoms with E-state index in [2.05, 4.69) is 0 Å². The van der Waals surface area contributed by atoms with Gasteiger partial charge in [-0.1, -0.05) is 0 Å². The molecule has 1 aromatic rings. The molecule has 0 saturated carbocycles. The largest absolute Gasteiger partial charge is 0.478 e. The molecular weight excluding hydrogens is 272 g/mol. The van der Waals surface area contributed by atoms with E-state index in [9.17, 15) is 13.2 Å². The van der Waals surface area contributed by atoms with E-state index < -0.39 is 15.8 Å². The molecule has 0 fully saturated rings. The number of benzene rings is 1. The quantitative estimate of drug-likeness (QED) is 0.898. The third-order valence-corrected chi connectivity index (χ3v) is 5.46. The van der Waals surface area contributed by atoms with E-state index in [0.717, 1.165) is 0 Å². The fourth-order valence-corrected chi connectivity index (χ4v) is 4.27. The van der Waals surface area contributed by atoms with Gasteiger partial charge in [0.1, 0.15) is 0 Å². The summed E-state index contributed by atoms with van der Waals surface area (Å²) in [7, 11) is -3.42. The number of aromatic carboxylic acids is 1. The van der Waals surface area contributed by atoms with Crippen molar-refractivity contribution < 1.29 is 18.3 Å². The minimum absolute atomic E-state index is 0.0147. The summed E-state index contributed by atoms with van der Waals surface area (Å²) in [5.74, 6) is -0.588. The predicted octanol–water partition coefficient (Wildman–Crippen LogP) is 2.14. The Bertz CT molecular complexity index is 562. The molecule has 0 atom stereocenters. The van der Waals surface area contributed by atoms with E-state index in [0.29, 0.717) is 16.9 Å². The number of carboxylic acids is 1. The first-order valence-electron chi connectivity index (χ1n) is 5.36. The molecule has 0 aromatic heterocycles. The lowest BCUT2D eigenvalue weighted by Gasteiger charge is -2.11. The minimum Gasteiger partial charge on any atom is -0.478 e. The summed E-state index contributed by atoms with van der Waals surface area (Å²) in [5.41, 5.74) is 1.32. The van der Waals surface area contributed by atoms with Gasteiger partial charge in [-0.25, -0.2) is 13.2 Å². The average molecular weight is 288 g/mol. The molecule has 0 bridgehead atoms. The van der Waals surface area contributed by atoms with Crippen LogP contribution in [-0.2, 0) is 9.84 Å². The Balaban J connectivity index is 3.35. The zero-order valence-electron chi connectivity index (χ0n) is 10.6. The summed E-state index contributed by atoms with van der Waals surface area (Å²) < 4.78 is 24.3. The molecule has 0 heterocycles. The monoisotopic (exact) mass is 288 g/mol. The lowest BCUT2D eigenvalue weighted by Crippen LogP contribution is -2.12. The lowest BCUT2D eigenvalue weighted by molar-refractivity contribution is 0.0696. The van der Waals surface area contributed by atoms with Crippen LogP contribution in [0.15, 0.2) is 17.0 Å². The summed E-state index contributed by atoms with van der Waals surface area (Å²) in [5, 5.41) is 8.97. The fourth-order valence-electron chi connectivity index (χ4n) is 1.58. The zero-order valence-corrected chi connectivity index (χ0v) is 12.2. The highest BCUT2D eigenvalue weighted by molar-refractivity contribution is 8.00. The first-order chi connectivity index (χ1) is 8.29. The van der Waals surface area contributed by atoms with Crippen LogP contribution in [0.1, 0.15) is 21.5 Å². The summed E-state index contributed by atoms with van der Waals surface area (Å²) in [6.07, 6.45) is 1.83. The number of thioether (sulfide) groups is 1. The third-order valence-electron chi connectivity index (χ3n) is 2.76. The van der Waals surface area contributed by atoms with Crippen molar-refractivity contribution in [2.75, 3.05) is 17.8 Å². The first-order valence-corrected chi connectivity index (χ1v) is 8.40. The summed E-state index contributed by atoms with van der Waals surface area (Å²) in [6, 6.07) is 2.74. The van der Waals surface area contributed by atoms with Crippen molar-refractivity contribution in [1.29, 1.82) is 0 Å². The summed E-state index contributed by atoms with van der Waals surface area (Å²) >= 11 is 1.45. The molecular formula is C12H16O4S2. The third kappa shape index (κ3) is 3.26. The minimum atomic E-state index is -3.42. The molecule has 0 aliphatic rings. The Morgan fingerprint density at radius 1 is 1.33 bits per heavy atom. The molecule has 0 aliphatic carbocycles. The van der Waals surface area contributed by atoms with E-state index in [1.165, 1.54) is 23.9 Å². The number of rotatable bonds is 5. The topological polar surface area (TPSA) is 71.4 Å². The van der Waals surface area contributed by atoms with E-state index >= 15 is 0 Å². The Morgan fingerprint density at radius 2 is 1.94 bits per heavy atom. The van der Waals surface area contributed by atoms with Crippen LogP contribution in [0.2, 0.25) is 0 Å². The lowest BCUT2D eigenvalue weighted by atomic mass is 10.1. The molecule has 0 saturated heterocycles. The molecule has 100 valence electrons. The van der Waals surface area contributed by atoms with Crippen LogP contribution in [0.4, 0.5) is 0 Å². The number of aryl methyl sites for hydroxylation is 1. The average Bonchev–Trinajstić information content (AvgIpc) is 2.29. The van der Waals surface area contributed by atoms with Crippen LogP contribution >= 0.6 is 11.8 Å². The van der Waals surface area contributed by atoms with Gasteiger partial charge in [0.2, 0.25) is 0 Å². The fraction of sp³-hybridized carbons (Fsp3) is 0.417. The summed E-state index contributed by atoms with van der Waals surface area (Å²) in [4.78, 5) is 11.1. The highest BCUT2D eigenvalue weighted by atomic mass is 32.2. The highest BCUT2D eigenvalue weighted by Gasteiger charge is 2.20. The van der Waals surface area contributed by atoms with Crippen molar-refractivity contribution in [2.45, 2.75) is 18.7 Å². The second kappa shape index (κ2) is 5.75. The number of carbonyl (C=O) groups is 1. The SMILES string of the molecule is CSCCS(=O)(=O)c1cc(C(=O)O)cc(C)c1C. The maximum absolute atomic E-state index is 12.1. The molecule has 0 aliphatic heterocycles. The van der Waals surface area contributed by atoms with Crippen LogP contribution in [0.25, 0.3) is 0 Å². The smallest absolute Gasteiger partial charge is 0.335 e. The molecule has 0 unspecified atom stereocenters. The molecule has 1 N–H and O–H groups in total. The van der Waals surface area contributed by atoms with Crippen molar-refractivity contribution in [3.8, 4) is 0 Å². The number of sulfone groups is 1. The van der Waals surface area contributed by atoms with Gasteiger partial charge in [0.15, 0.2) is 9.84 Å². The standard InChI is InChI=1S/C12H16O4S2/c1-8-6-10(12(13)14)7-11(9(8)2)18(15,16)5-4-17-3/h6-7H,4-5H2,1-3H3,(H,13,14).